The lowest BCUT2D eigenvalue weighted by Gasteiger charge is -2.22. The molecule has 0 unspecified atom stereocenters. The second-order valence-electron chi connectivity index (χ2n) is 9.27. The molecule has 0 aliphatic heterocycles. The van der Waals surface area contributed by atoms with Crippen molar-refractivity contribution in [3.8, 4) is 5.75 Å². The quantitative estimate of drug-likeness (QED) is 0.498. The Kier molecular flexibility index (Phi) is 13.0. The summed E-state index contributed by atoms with van der Waals surface area (Å²) in [6, 6.07) is 4.03. The first-order valence-electron chi connectivity index (χ1n) is 10.9. The van der Waals surface area contributed by atoms with Crippen molar-refractivity contribution in [3.63, 3.8) is 0 Å². The van der Waals surface area contributed by atoms with E-state index in [2.05, 4.69) is 40.2 Å². The zero-order valence-electron chi connectivity index (χ0n) is 20.0. The third-order valence-electron chi connectivity index (χ3n) is 4.73. The molecule has 6 nitrogen and oxygen atoms in total. The molecular weight excluding hydrogens is 380 g/mol. The van der Waals surface area contributed by atoms with Crippen LogP contribution in [-0.4, -0.2) is 44.2 Å². The number of aliphatic carboxylic acids is 1. The minimum atomic E-state index is -1.08. The zero-order chi connectivity index (χ0) is 23.3. The number of rotatable bonds is 10. The maximum Gasteiger partial charge on any atom is 0.220 e. The van der Waals surface area contributed by atoms with E-state index >= 15 is 0 Å². The summed E-state index contributed by atoms with van der Waals surface area (Å²) >= 11 is 0. The molecule has 0 radical (unpaired) electrons. The second-order valence-corrected chi connectivity index (χ2v) is 9.27. The Balaban J connectivity index is 0.00000192. The van der Waals surface area contributed by atoms with Gasteiger partial charge >= 0.3 is 0 Å². The molecule has 0 heterocycles. The Morgan fingerprint density at radius 2 is 1.67 bits per heavy atom. The molecule has 1 aromatic rings. The van der Waals surface area contributed by atoms with Crippen molar-refractivity contribution in [2.24, 2.45) is 0 Å². The largest absolute Gasteiger partial charge is 0.550 e. The van der Waals surface area contributed by atoms with Gasteiger partial charge in [0.1, 0.15) is 5.75 Å². The number of quaternary nitrogens is 1. The van der Waals surface area contributed by atoms with Crippen molar-refractivity contribution in [2.75, 3.05) is 27.2 Å². The first-order valence-corrected chi connectivity index (χ1v) is 10.9. The monoisotopic (exact) mass is 422 g/mol. The average molecular weight is 423 g/mol. The molecule has 172 valence electrons. The van der Waals surface area contributed by atoms with Crippen molar-refractivity contribution in [1.82, 2.24) is 5.32 Å². The Morgan fingerprint density at radius 1 is 1.10 bits per heavy atom. The molecule has 0 bridgehead atoms. The van der Waals surface area contributed by atoms with Crippen LogP contribution in [0.5, 0.6) is 5.75 Å². The van der Waals surface area contributed by atoms with Gasteiger partial charge in [-0.05, 0) is 61.6 Å². The number of aromatic hydroxyl groups is 1. The number of carbonyl (C=O) groups excluding carboxylic acids is 2. The molecule has 1 amide bonds. The van der Waals surface area contributed by atoms with Gasteiger partial charge in [0.25, 0.3) is 0 Å². The molecule has 0 spiro atoms. The fourth-order valence-electron chi connectivity index (χ4n) is 3.10. The molecule has 0 saturated carbocycles. The fourth-order valence-corrected chi connectivity index (χ4v) is 3.10. The van der Waals surface area contributed by atoms with Crippen LogP contribution in [0.4, 0.5) is 0 Å². The highest BCUT2D eigenvalue weighted by Crippen LogP contribution is 2.34. The van der Waals surface area contributed by atoms with E-state index in [9.17, 15) is 9.90 Å². The van der Waals surface area contributed by atoms with Gasteiger partial charge in [0.05, 0.1) is 20.6 Å². The fraction of sp³-hybridized carbons (Fsp3) is 0.667. The summed E-state index contributed by atoms with van der Waals surface area (Å²) in [5, 5.41) is 22.2. The van der Waals surface area contributed by atoms with Crippen LogP contribution in [0.1, 0.15) is 76.5 Å². The topological polar surface area (TPSA) is 93.9 Å². The second kappa shape index (κ2) is 14.0. The maximum absolute atomic E-state index is 12.1. The predicted molar refractivity (Wildman–Crippen MR) is 120 cm³/mol. The number of carbonyl (C=O) groups is 2. The van der Waals surface area contributed by atoms with Gasteiger partial charge in [0, 0.05) is 18.9 Å². The van der Waals surface area contributed by atoms with E-state index in [0.717, 1.165) is 36.6 Å². The standard InChI is InChI=1S/C22H38N2O2.C2H4O2/c1-17-15-18(16-19(21(17)26)22(2,3)4)11-12-20(25)23-13-9-7-8-10-14-24(5)6;1-2(3)4/h15-16,26H,7-14H2,1-6H3,(H,23,25);1H3,(H,3,4). The number of hydrogen-bond acceptors (Lipinski definition) is 4. The molecule has 0 aliphatic rings. The number of unbranched alkanes of at least 4 members (excludes halogenated alkanes) is 3. The smallest absolute Gasteiger partial charge is 0.220 e. The third kappa shape index (κ3) is 13.2. The molecule has 0 fully saturated rings. The Morgan fingerprint density at radius 3 is 2.20 bits per heavy atom. The van der Waals surface area contributed by atoms with E-state index in [1.54, 1.807) is 0 Å². The maximum atomic E-state index is 12.1. The number of phenols is 1. The van der Waals surface area contributed by atoms with E-state index in [-0.39, 0.29) is 11.3 Å². The van der Waals surface area contributed by atoms with Gasteiger partial charge in [0.15, 0.2) is 0 Å². The predicted octanol–water partition coefficient (Wildman–Crippen LogP) is 1.51. The van der Waals surface area contributed by atoms with Crippen molar-refractivity contribution in [3.05, 3.63) is 28.8 Å². The lowest BCUT2D eigenvalue weighted by molar-refractivity contribution is -0.858. The molecule has 6 heteroatoms. The van der Waals surface area contributed by atoms with Crippen LogP contribution >= 0.6 is 0 Å². The van der Waals surface area contributed by atoms with Gasteiger partial charge < -0.3 is 25.2 Å². The van der Waals surface area contributed by atoms with Gasteiger partial charge in [0.2, 0.25) is 5.91 Å². The van der Waals surface area contributed by atoms with Crippen molar-refractivity contribution in [1.29, 1.82) is 0 Å². The summed E-state index contributed by atoms with van der Waals surface area (Å²) in [6.07, 6.45) is 5.94. The number of amides is 1. The van der Waals surface area contributed by atoms with E-state index in [0.29, 0.717) is 18.6 Å². The third-order valence-corrected chi connectivity index (χ3v) is 4.73. The van der Waals surface area contributed by atoms with E-state index in [1.807, 2.05) is 19.1 Å². The number of nitrogens with one attached hydrogen (secondary N) is 2. The summed E-state index contributed by atoms with van der Waals surface area (Å²) in [7, 11) is 4.36. The lowest BCUT2D eigenvalue weighted by atomic mass is 9.83. The summed E-state index contributed by atoms with van der Waals surface area (Å²) < 4.78 is 0. The number of carboxylic acid groups (broad SMARTS) is 1. The van der Waals surface area contributed by atoms with Gasteiger partial charge in [-0.25, -0.2) is 0 Å². The van der Waals surface area contributed by atoms with Gasteiger partial charge in [-0.3, -0.25) is 4.79 Å². The van der Waals surface area contributed by atoms with E-state index in [1.165, 1.54) is 30.7 Å². The van der Waals surface area contributed by atoms with Gasteiger partial charge in [-0.1, -0.05) is 39.3 Å². The van der Waals surface area contributed by atoms with Gasteiger partial charge in [-0.2, -0.15) is 0 Å². The summed E-state index contributed by atoms with van der Waals surface area (Å²) in [5.41, 5.74) is 2.84. The van der Waals surface area contributed by atoms with Crippen LogP contribution in [-0.2, 0) is 21.4 Å². The van der Waals surface area contributed by atoms with Crippen LogP contribution in [0.15, 0.2) is 12.1 Å². The normalized spacial score (nSPS) is 11.1. The molecule has 0 saturated heterocycles. The number of aryl methyl sites for hydroxylation is 2. The lowest BCUT2D eigenvalue weighted by Crippen LogP contribution is -3.05. The first-order chi connectivity index (χ1) is 13.8. The van der Waals surface area contributed by atoms with Crippen LogP contribution in [0.2, 0.25) is 0 Å². The molecule has 30 heavy (non-hydrogen) atoms. The summed E-state index contributed by atoms with van der Waals surface area (Å²) in [4.78, 5) is 22.5. The Labute approximate surface area is 182 Å². The molecule has 1 rings (SSSR count). The molecule has 0 atom stereocenters. The van der Waals surface area contributed by atoms with Crippen molar-refractivity contribution >= 4 is 11.9 Å². The SMILES string of the molecule is CC(=O)[O-].Cc1cc(CCC(=O)NCCCCCC[NH+](C)C)cc(C(C)(C)C)c1O. The van der Waals surface area contributed by atoms with Gasteiger partial charge in [-0.15, -0.1) is 0 Å². The van der Waals surface area contributed by atoms with Crippen LogP contribution in [0.25, 0.3) is 0 Å². The number of benzene rings is 1. The van der Waals surface area contributed by atoms with E-state index in [4.69, 9.17) is 9.90 Å². The highest BCUT2D eigenvalue weighted by Gasteiger charge is 2.20. The average Bonchev–Trinajstić information content (AvgIpc) is 2.60. The van der Waals surface area contributed by atoms with Crippen LogP contribution in [0, 0.1) is 6.92 Å². The highest BCUT2D eigenvalue weighted by atomic mass is 16.4. The molecule has 3 N–H and O–H groups in total. The van der Waals surface area contributed by atoms with Crippen molar-refractivity contribution in [2.45, 2.75) is 78.6 Å². The van der Waals surface area contributed by atoms with Crippen LogP contribution < -0.4 is 15.3 Å². The summed E-state index contributed by atoms with van der Waals surface area (Å²) in [6.45, 7) is 11.2. The number of carboxylic acids is 1. The molecule has 0 aromatic heterocycles. The minimum Gasteiger partial charge on any atom is -0.550 e. The highest BCUT2D eigenvalue weighted by molar-refractivity contribution is 5.76. The minimum absolute atomic E-state index is 0.110. The zero-order valence-corrected chi connectivity index (χ0v) is 20.0. The number of phenolic OH excluding ortho intramolecular Hbond substituents is 1. The Hall–Kier alpha value is -2.08. The van der Waals surface area contributed by atoms with Crippen molar-refractivity contribution < 1.29 is 24.7 Å². The number of hydrogen-bond donors (Lipinski definition) is 3. The molecular formula is C24H42N2O4. The van der Waals surface area contributed by atoms with Crippen LogP contribution in [0.3, 0.4) is 0 Å². The first kappa shape index (κ1) is 27.9. The van der Waals surface area contributed by atoms with E-state index < -0.39 is 5.97 Å². The summed E-state index contributed by atoms with van der Waals surface area (Å²) in [5.74, 6) is -0.590. The molecule has 0 aliphatic carbocycles. The molecule has 1 aromatic carbocycles. The Bertz CT molecular complexity index is 660.